The third kappa shape index (κ3) is 4.00. The number of benzene rings is 1. The summed E-state index contributed by atoms with van der Waals surface area (Å²) < 4.78 is 26.6. The number of nitrogens with zero attached hydrogens (tertiary/aromatic N) is 1. The average molecular weight is 282 g/mol. The molecule has 0 saturated heterocycles. The minimum absolute atomic E-state index is 0.395. The summed E-state index contributed by atoms with van der Waals surface area (Å²) in [4.78, 5) is 2.23. The summed E-state index contributed by atoms with van der Waals surface area (Å²) in [5.74, 6) is -1.11. The van der Waals surface area contributed by atoms with Crippen LogP contribution in [0.5, 0.6) is 0 Å². The number of rotatable bonds is 4. The van der Waals surface area contributed by atoms with E-state index in [2.05, 4.69) is 11.9 Å². The molecule has 1 unspecified atom stereocenters. The van der Waals surface area contributed by atoms with Gasteiger partial charge in [0.15, 0.2) is 0 Å². The van der Waals surface area contributed by atoms with E-state index in [1.807, 2.05) is 0 Å². The summed E-state index contributed by atoms with van der Waals surface area (Å²) in [6.45, 7) is 0.604. The first-order valence-electron chi connectivity index (χ1n) is 7.48. The van der Waals surface area contributed by atoms with Crippen molar-refractivity contribution in [3.63, 3.8) is 0 Å². The number of nitrogens with two attached hydrogens (primary N) is 1. The SMILES string of the molecule is CN(CC(N)c1ccc(F)cc1F)C1CCCCCC1. The van der Waals surface area contributed by atoms with E-state index in [9.17, 15) is 8.78 Å². The molecule has 1 atom stereocenters. The molecule has 0 amide bonds. The van der Waals surface area contributed by atoms with Gasteiger partial charge >= 0.3 is 0 Å². The van der Waals surface area contributed by atoms with E-state index in [0.717, 1.165) is 6.07 Å². The van der Waals surface area contributed by atoms with Gasteiger partial charge in [0.25, 0.3) is 0 Å². The van der Waals surface area contributed by atoms with Gasteiger partial charge in [0.05, 0.1) is 0 Å². The summed E-state index contributed by atoms with van der Waals surface area (Å²) in [5, 5.41) is 0. The molecule has 0 aromatic heterocycles. The van der Waals surface area contributed by atoms with Crippen LogP contribution in [0.4, 0.5) is 8.78 Å². The highest BCUT2D eigenvalue weighted by Crippen LogP contribution is 2.23. The second-order valence-corrected chi connectivity index (χ2v) is 5.86. The van der Waals surface area contributed by atoms with E-state index in [0.29, 0.717) is 18.2 Å². The van der Waals surface area contributed by atoms with Gasteiger partial charge in [-0.05, 0) is 26.0 Å². The number of halogens is 2. The minimum atomic E-state index is -0.560. The maximum atomic E-state index is 13.7. The first-order valence-corrected chi connectivity index (χ1v) is 7.48. The van der Waals surface area contributed by atoms with Crippen molar-refractivity contribution in [2.45, 2.75) is 50.6 Å². The largest absolute Gasteiger partial charge is 0.323 e. The fourth-order valence-electron chi connectivity index (χ4n) is 3.06. The third-order valence-electron chi connectivity index (χ3n) is 4.29. The number of hydrogen-bond acceptors (Lipinski definition) is 2. The van der Waals surface area contributed by atoms with Gasteiger partial charge < -0.3 is 10.6 Å². The monoisotopic (exact) mass is 282 g/mol. The van der Waals surface area contributed by atoms with E-state index in [4.69, 9.17) is 5.73 Å². The van der Waals surface area contributed by atoms with Gasteiger partial charge in [0.1, 0.15) is 11.6 Å². The van der Waals surface area contributed by atoms with Crippen LogP contribution in [0.25, 0.3) is 0 Å². The van der Waals surface area contributed by atoms with Gasteiger partial charge in [-0.15, -0.1) is 0 Å². The molecule has 0 aliphatic heterocycles. The maximum absolute atomic E-state index is 13.7. The van der Waals surface area contributed by atoms with Gasteiger partial charge in [-0.1, -0.05) is 31.7 Å². The van der Waals surface area contributed by atoms with Crippen LogP contribution in [-0.2, 0) is 0 Å². The predicted octanol–water partition coefficient (Wildman–Crippen LogP) is 3.62. The van der Waals surface area contributed by atoms with Crippen LogP contribution in [-0.4, -0.2) is 24.5 Å². The predicted molar refractivity (Wildman–Crippen MR) is 77.4 cm³/mol. The molecule has 2 nitrogen and oxygen atoms in total. The Morgan fingerprint density at radius 2 is 1.85 bits per heavy atom. The van der Waals surface area contributed by atoms with Gasteiger partial charge in [-0.3, -0.25) is 0 Å². The van der Waals surface area contributed by atoms with Crippen molar-refractivity contribution in [3.8, 4) is 0 Å². The van der Waals surface area contributed by atoms with Crippen molar-refractivity contribution in [2.75, 3.05) is 13.6 Å². The lowest BCUT2D eigenvalue weighted by Gasteiger charge is -2.29. The Bertz CT molecular complexity index is 428. The summed E-state index contributed by atoms with van der Waals surface area (Å²) >= 11 is 0. The summed E-state index contributed by atoms with van der Waals surface area (Å²) in [5.41, 5.74) is 6.48. The van der Waals surface area contributed by atoms with Gasteiger partial charge in [0.2, 0.25) is 0 Å². The first kappa shape index (κ1) is 15.4. The number of hydrogen-bond donors (Lipinski definition) is 1. The van der Waals surface area contributed by atoms with Gasteiger partial charge in [-0.2, -0.15) is 0 Å². The molecule has 1 aliphatic rings. The highest BCUT2D eigenvalue weighted by Gasteiger charge is 2.20. The van der Waals surface area contributed by atoms with Crippen LogP contribution in [0.15, 0.2) is 18.2 Å². The van der Waals surface area contributed by atoms with Crippen LogP contribution >= 0.6 is 0 Å². The van der Waals surface area contributed by atoms with Crippen molar-refractivity contribution in [2.24, 2.45) is 5.73 Å². The molecule has 1 aromatic rings. The molecule has 1 saturated carbocycles. The minimum Gasteiger partial charge on any atom is -0.323 e. The molecule has 0 heterocycles. The van der Waals surface area contributed by atoms with Crippen molar-refractivity contribution in [3.05, 3.63) is 35.4 Å². The number of likely N-dealkylation sites (N-methyl/N-ethyl adjacent to an activating group) is 1. The fourth-order valence-corrected chi connectivity index (χ4v) is 3.06. The van der Waals surface area contributed by atoms with E-state index >= 15 is 0 Å². The molecule has 1 fully saturated rings. The van der Waals surface area contributed by atoms with Crippen LogP contribution in [0.1, 0.15) is 50.1 Å². The van der Waals surface area contributed by atoms with E-state index < -0.39 is 17.7 Å². The highest BCUT2D eigenvalue weighted by atomic mass is 19.1. The van der Waals surface area contributed by atoms with Crippen molar-refractivity contribution >= 4 is 0 Å². The molecular formula is C16H24F2N2. The van der Waals surface area contributed by atoms with Gasteiger partial charge in [-0.25, -0.2) is 8.78 Å². The standard InChI is InChI=1S/C16H24F2N2/c1-20(13-6-4-2-3-5-7-13)11-16(19)14-9-8-12(17)10-15(14)18/h8-10,13,16H,2-7,11,19H2,1H3. The van der Waals surface area contributed by atoms with E-state index in [1.165, 1.54) is 50.7 Å². The molecule has 2 N–H and O–H groups in total. The van der Waals surface area contributed by atoms with Crippen molar-refractivity contribution in [1.82, 2.24) is 4.90 Å². The Kier molecular flexibility index (Phi) is 5.49. The normalized spacial score (nSPS) is 19.1. The first-order chi connectivity index (χ1) is 9.58. The molecule has 20 heavy (non-hydrogen) atoms. The second kappa shape index (κ2) is 7.14. The molecule has 0 spiro atoms. The van der Waals surface area contributed by atoms with Crippen LogP contribution in [0.2, 0.25) is 0 Å². The lowest BCUT2D eigenvalue weighted by atomic mass is 10.0. The lowest BCUT2D eigenvalue weighted by Crippen LogP contribution is -2.37. The zero-order valence-corrected chi connectivity index (χ0v) is 12.1. The van der Waals surface area contributed by atoms with E-state index in [1.54, 1.807) is 0 Å². The molecule has 0 bridgehead atoms. The lowest BCUT2D eigenvalue weighted by molar-refractivity contribution is 0.208. The summed E-state index contributed by atoms with van der Waals surface area (Å²) in [6.07, 6.45) is 7.51. The summed E-state index contributed by atoms with van der Waals surface area (Å²) in [7, 11) is 2.05. The molecular weight excluding hydrogens is 258 g/mol. The third-order valence-corrected chi connectivity index (χ3v) is 4.29. The van der Waals surface area contributed by atoms with Crippen LogP contribution in [0, 0.1) is 11.6 Å². The van der Waals surface area contributed by atoms with Crippen LogP contribution < -0.4 is 5.73 Å². The molecule has 2 rings (SSSR count). The molecule has 4 heteroatoms. The Morgan fingerprint density at radius 3 is 2.45 bits per heavy atom. The van der Waals surface area contributed by atoms with Crippen molar-refractivity contribution in [1.29, 1.82) is 0 Å². The van der Waals surface area contributed by atoms with E-state index in [-0.39, 0.29) is 0 Å². The fraction of sp³-hybridized carbons (Fsp3) is 0.625. The summed E-state index contributed by atoms with van der Waals surface area (Å²) in [6, 6.07) is 3.75. The van der Waals surface area contributed by atoms with Crippen LogP contribution in [0.3, 0.4) is 0 Å². The maximum Gasteiger partial charge on any atom is 0.130 e. The zero-order valence-electron chi connectivity index (χ0n) is 12.1. The van der Waals surface area contributed by atoms with Gasteiger partial charge in [0, 0.05) is 30.3 Å². The Balaban J connectivity index is 1.97. The Hall–Kier alpha value is -1.00. The quantitative estimate of drug-likeness (QED) is 0.855. The molecule has 0 radical (unpaired) electrons. The second-order valence-electron chi connectivity index (χ2n) is 5.86. The highest BCUT2D eigenvalue weighted by molar-refractivity contribution is 5.22. The zero-order chi connectivity index (χ0) is 14.5. The topological polar surface area (TPSA) is 29.3 Å². The molecule has 112 valence electrons. The Labute approximate surface area is 120 Å². The average Bonchev–Trinajstić information content (AvgIpc) is 2.67. The Morgan fingerprint density at radius 1 is 1.20 bits per heavy atom. The molecule has 1 aromatic carbocycles. The van der Waals surface area contributed by atoms with Crippen molar-refractivity contribution < 1.29 is 8.78 Å². The smallest absolute Gasteiger partial charge is 0.130 e. The molecule has 1 aliphatic carbocycles.